The number of hydrogen-bond acceptors (Lipinski definition) is 3. The van der Waals surface area contributed by atoms with E-state index in [1.807, 2.05) is 6.92 Å². The monoisotopic (exact) mass is 312 g/mol. The highest BCUT2D eigenvalue weighted by Crippen LogP contribution is 2.22. The SMILES string of the molecule is CCc1ccc(S(=O)(=O)Nc2cc(F)cc(F)c2)cc1N. The maximum atomic E-state index is 13.1. The Balaban J connectivity index is 2.36. The minimum Gasteiger partial charge on any atom is -0.398 e. The van der Waals surface area contributed by atoms with Crippen molar-refractivity contribution in [2.75, 3.05) is 10.5 Å². The van der Waals surface area contributed by atoms with Crippen LogP contribution < -0.4 is 10.5 Å². The van der Waals surface area contributed by atoms with E-state index in [2.05, 4.69) is 4.72 Å². The smallest absolute Gasteiger partial charge is 0.261 e. The molecular weight excluding hydrogens is 298 g/mol. The molecule has 0 saturated heterocycles. The van der Waals surface area contributed by atoms with Crippen molar-refractivity contribution in [2.24, 2.45) is 0 Å². The van der Waals surface area contributed by atoms with E-state index in [-0.39, 0.29) is 10.6 Å². The van der Waals surface area contributed by atoms with Gasteiger partial charge < -0.3 is 5.73 Å². The Labute approximate surface area is 121 Å². The number of nitrogen functional groups attached to an aromatic ring is 1. The maximum Gasteiger partial charge on any atom is 0.261 e. The first-order valence-corrected chi connectivity index (χ1v) is 7.67. The predicted octanol–water partition coefficient (Wildman–Crippen LogP) is 2.91. The van der Waals surface area contributed by atoms with Crippen LogP contribution in [0.2, 0.25) is 0 Å². The molecule has 0 fully saturated rings. The molecular formula is C14H14F2N2O2S. The van der Waals surface area contributed by atoms with Crippen molar-refractivity contribution in [3.63, 3.8) is 0 Å². The molecule has 0 aliphatic rings. The van der Waals surface area contributed by atoms with Gasteiger partial charge in [-0.25, -0.2) is 17.2 Å². The lowest BCUT2D eigenvalue weighted by Crippen LogP contribution is -2.14. The van der Waals surface area contributed by atoms with Crippen molar-refractivity contribution in [2.45, 2.75) is 18.2 Å². The van der Waals surface area contributed by atoms with Crippen LogP contribution in [0.1, 0.15) is 12.5 Å². The van der Waals surface area contributed by atoms with Gasteiger partial charge in [0.2, 0.25) is 0 Å². The lowest BCUT2D eigenvalue weighted by atomic mass is 10.1. The molecule has 2 aromatic rings. The summed E-state index contributed by atoms with van der Waals surface area (Å²) < 4.78 is 52.6. The fourth-order valence-electron chi connectivity index (χ4n) is 1.89. The first-order chi connectivity index (χ1) is 9.81. The third kappa shape index (κ3) is 3.49. The second-order valence-corrected chi connectivity index (χ2v) is 6.16. The first-order valence-electron chi connectivity index (χ1n) is 6.19. The summed E-state index contributed by atoms with van der Waals surface area (Å²) in [6, 6.07) is 6.76. The van der Waals surface area contributed by atoms with Crippen molar-refractivity contribution in [3.8, 4) is 0 Å². The first kappa shape index (κ1) is 15.2. The Morgan fingerprint density at radius 2 is 1.71 bits per heavy atom. The molecule has 0 aliphatic heterocycles. The van der Waals surface area contributed by atoms with Gasteiger partial charge in [-0.3, -0.25) is 4.72 Å². The largest absolute Gasteiger partial charge is 0.398 e. The summed E-state index contributed by atoms with van der Waals surface area (Å²) in [6.45, 7) is 1.90. The number of rotatable bonds is 4. The number of hydrogen-bond donors (Lipinski definition) is 2. The molecule has 0 heterocycles. The summed E-state index contributed by atoms with van der Waals surface area (Å²) in [5, 5.41) is 0. The van der Waals surface area contributed by atoms with E-state index >= 15 is 0 Å². The van der Waals surface area contributed by atoms with Crippen LogP contribution in [0.5, 0.6) is 0 Å². The van der Waals surface area contributed by atoms with Crippen LogP contribution in [-0.4, -0.2) is 8.42 Å². The summed E-state index contributed by atoms with van der Waals surface area (Å²) in [7, 11) is -3.96. The van der Waals surface area contributed by atoms with Crippen molar-refractivity contribution in [1.82, 2.24) is 0 Å². The lowest BCUT2D eigenvalue weighted by molar-refractivity contribution is 0.584. The highest BCUT2D eigenvalue weighted by Gasteiger charge is 2.16. The molecule has 2 rings (SSSR count). The van der Waals surface area contributed by atoms with Crippen LogP contribution in [0, 0.1) is 11.6 Å². The molecule has 0 unspecified atom stereocenters. The molecule has 0 aromatic heterocycles. The molecule has 0 radical (unpaired) electrons. The normalized spacial score (nSPS) is 11.4. The molecule has 0 amide bonds. The lowest BCUT2D eigenvalue weighted by Gasteiger charge is -2.10. The average molecular weight is 312 g/mol. The highest BCUT2D eigenvalue weighted by atomic mass is 32.2. The number of anilines is 2. The standard InChI is InChI=1S/C14H14F2N2O2S/c1-2-9-3-4-13(8-14(9)17)21(19,20)18-12-6-10(15)5-11(16)7-12/h3-8,18H,2,17H2,1H3. The van der Waals surface area contributed by atoms with Gasteiger partial charge in [0.15, 0.2) is 0 Å². The van der Waals surface area contributed by atoms with Crippen molar-refractivity contribution >= 4 is 21.4 Å². The molecule has 4 nitrogen and oxygen atoms in total. The van der Waals surface area contributed by atoms with E-state index in [1.165, 1.54) is 12.1 Å². The topological polar surface area (TPSA) is 72.2 Å². The molecule has 2 aromatic carbocycles. The van der Waals surface area contributed by atoms with E-state index < -0.39 is 21.7 Å². The Bertz CT molecular complexity index is 756. The molecule has 7 heteroatoms. The van der Waals surface area contributed by atoms with Crippen LogP contribution >= 0.6 is 0 Å². The Kier molecular flexibility index (Phi) is 4.13. The van der Waals surface area contributed by atoms with Gasteiger partial charge in [0, 0.05) is 11.8 Å². The van der Waals surface area contributed by atoms with E-state index in [0.717, 1.165) is 17.7 Å². The van der Waals surface area contributed by atoms with Gasteiger partial charge in [0.1, 0.15) is 11.6 Å². The molecule has 0 atom stereocenters. The fourth-order valence-corrected chi connectivity index (χ4v) is 2.96. The van der Waals surface area contributed by atoms with Gasteiger partial charge >= 0.3 is 0 Å². The predicted molar refractivity (Wildman–Crippen MR) is 77.4 cm³/mol. The number of sulfonamides is 1. The van der Waals surface area contributed by atoms with Gasteiger partial charge in [-0.15, -0.1) is 0 Å². The minimum atomic E-state index is -3.96. The molecule has 0 saturated carbocycles. The molecule has 21 heavy (non-hydrogen) atoms. The minimum absolute atomic E-state index is 0.0677. The van der Waals surface area contributed by atoms with Crippen LogP contribution in [0.15, 0.2) is 41.3 Å². The summed E-state index contributed by atoms with van der Waals surface area (Å²) in [5.74, 6) is -1.73. The number of nitrogens with two attached hydrogens (primary N) is 1. The Morgan fingerprint density at radius 3 is 2.24 bits per heavy atom. The Morgan fingerprint density at radius 1 is 1.10 bits per heavy atom. The number of nitrogens with one attached hydrogen (secondary N) is 1. The van der Waals surface area contributed by atoms with E-state index in [1.54, 1.807) is 6.07 Å². The van der Waals surface area contributed by atoms with E-state index in [0.29, 0.717) is 18.2 Å². The fraction of sp³-hybridized carbons (Fsp3) is 0.143. The van der Waals surface area contributed by atoms with Gasteiger partial charge in [0.25, 0.3) is 10.0 Å². The van der Waals surface area contributed by atoms with Gasteiger partial charge in [-0.2, -0.15) is 0 Å². The number of halogens is 2. The van der Waals surface area contributed by atoms with Crippen molar-refractivity contribution < 1.29 is 17.2 Å². The van der Waals surface area contributed by atoms with E-state index in [9.17, 15) is 17.2 Å². The molecule has 112 valence electrons. The summed E-state index contributed by atoms with van der Waals surface area (Å²) in [5.41, 5.74) is 6.75. The molecule has 0 aliphatic carbocycles. The second-order valence-electron chi connectivity index (χ2n) is 4.48. The number of benzene rings is 2. The summed E-state index contributed by atoms with van der Waals surface area (Å²) in [4.78, 5) is -0.0677. The summed E-state index contributed by atoms with van der Waals surface area (Å²) >= 11 is 0. The zero-order valence-electron chi connectivity index (χ0n) is 11.2. The molecule has 3 N–H and O–H groups in total. The van der Waals surface area contributed by atoms with Gasteiger partial charge in [-0.1, -0.05) is 13.0 Å². The molecule has 0 spiro atoms. The van der Waals surface area contributed by atoms with Crippen LogP contribution in [0.4, 0.5) is 20.2 Å². The van der Waals surface area contributed by atoms with Crippen molar-refractivity contribution in [1.29, 1.82) is 0 Å². The highest BCUT2D eigenvalue weighted by molar-refractivity contribution is 7.92. The van der Waals surface area contributed by atoms with E-state index in [4.69, 9.17) is 5.73 Å². The second kappa shape index (κ2) is 5.69. The summed E-state index contributed by atoms with van der Waals surface area (Å²) in [6.07, 6.45) is 0.675. The van der Waals surface area contributed by atoms with Gasteiger partial charge in [0.05, 0.1) is 10.6 Å². The number of aryl methyl sites for hydroxylation is 1. The van der Waals surface area contributed by atoms with Crippen LogP contribution in [0.3, 0.4) is 0 Å². The van der Waals surface area contributed by atoms with Crippen molar-refractivity contribution in [3.05, 3.63) is 53.6 Å². The zero-order chi connectivity index (χ0) is 15.6. The maximum absolute atomic E-state index is 13.1. The third-order valence-electron chi connectivity index (χ3n) is 2.92. The third-order valence-corrected chi connectivity index (χ3v) is 4.30. The van der Waals surface area contributed by atoms with Gasteiger partial charge in [-0.05, 0) is 36.2 Å². The van der Waals surface area contributed by atoms with Crippen LogP contribution in [0.25, 0.3) is 0 Å². The zero-order valence-corrected chi connectivity index (χ0v) is 12.0. The van der Waals surface area contributed by atoms with Crippen LogP contribution in [-0.2, 0) is 16.4 Å². The molecule has 0 bridgehead atoms. The quantitative estimate of drug-likeness (QED) is 0.853. The average Bonchev–Trinajstić information content (AvgIpc) is 2.36. The Hall–Kier alpha value is -2.15.